The number of ether oxygens (including phenoxy) is 2. The van der Waals surface area contributed by atoms with Crippen molar-refractivity contribution in [1.82, 2.24) is 0 Å². The van der Waals surface area contributed by atoms with Crippen LogP contribution in [0.5, 0.6) is 11.5 Å². The molecule has 1 amide bonds. The fourth-order valence-electron chi connectivity index (χ4n) is 1.80. The minimum atomic E-state index is -0.0219. The molecule has 0 atom stereocenters. The Labute approximate surface area is 148 Å². The first-order valence-corrected chi connectivity index (χ1v) is 9.03. The van der Waals surface area contributed by atoms with Crippen LogP contribution in [-0.4, -0.2) is 31.1 Å². The highest BCUT2D eigenvalue weighted by Gasteiger charge is 2.05. The van der Waals surface area contributed by atoms with Crippen LogP contribution in [0.4, 0.5) is 5.69 Å². The van der Waals surface area contributed by atoms with E-state index in [4.69, 9.17) is 9.47 Å². The van der Waals surface area contributed by atoms with Gasteiger partial charge >= 0.3 is 0 Å². The number of anilines is 1. The number of carbonyl (C=O) groups is 1. The van der Waals surface area contributed by atoms with Gasteiger partial charge in [0.05, 0.1) is 25.2 Å². The highest BCUT2D eigenvalue weighted by molar-refractivity contribution is 9.10. The van der Waals surface area contributed by atoms with Gasteiger partial charge in [0.1, 0.15) is 11.5 Å². The molecule has 6 heteroatoms. The van der Waals surface area contributed by atoms with Crippen LogP contribution in [0.25, 0.3) is 0 Å². The largest absolute Gasteiger partial charge is 0.497 e. The Morgan fingerprint density at radius 2 is 1.83 bits per heavy atom. The van der Waals surface area contributed by atoms with Crippen LogP contribution in [-0.2, 0) is 4.79 Å². The number of nitrogens with one attached hydrogen (secondary N) is 1. The van der Waals surface area contributed by atoms with Gasteiger partial charge in [-0.1, -0.05) is 12.1 Å². The van der Waals surface area contributed by atoms with E-state index in [1.807, 2.05) is 48.5 Å². The number of thioether (sulfide) groups is 1. The van der Waals surface area contributed by atoms with Crippen LogP contribution in [0.15, 0.2) is 53.0 Å². The lowest BCUT2D eigenvalue weighted by molar-refractivity contribution is -0.113. The molecule has 0 aliphatic rings. The minimum absolute atomic E-state index is 0.0219. The van der Waals surface area contributed by atoms with Gasteiger partial charge in [0.15, 0.2) is 0 Å². The van der Waals surface area contributed by atoms with Crippen LogP contribution in [0.1, 0.15) is 0 Å². The highest BCUT2D eigenvalue weighted by atomic mass is 79.9. The molecule has 0 saturated heterocycles. The first-order chi connectivity index (χ1) is 11.2. The van der Waals surface area contributed by atoms with Gasteiger partial charge in [-0.2, -0.15) is 0 Å². The summed E-state index contributed by atoms with van der Waals surface area (Å²) in [7, 11) is 1.63. The second kappa shape index (κ2) is 9.47. The van der Waals surface area contributed by atoms with E-state index in [-0.39, 0.29) is 5.91 Å². The third-order valence-electron chi connectivity index (χ3n) is 2.94. The number of hydrogen-bond acceptors (Lipinski definition) is 4. The van der Waals surface area contributed by atoms with Crippen LogP contribution >= 0.6 is 27.7 Å². The van der Waals surface area contributed by atoms with Crippen molar-refractivity contribution < 1.29 is 14.3 Å². The zero-order valence-electron chi connectivity index (χ0n) is 12.8. The molecule has 0 radical (unpaired) electrons. The van der Waals surface area contributed by atoms with E-state index in [9.17, 15) is 4.79 Å². The molecular formula is C17H18BrNO3S. The summed E-state index contributed by atoms with van der Waals surface area (Å²) < 4.78 is 11.6. The first kappa shape index (κ1) is 17.7. The molecular weight excluding hydrogens is 378 g/mol. The summed E-state index contributed by atoms with van der Waals surface area (Å²) in [5.74, 6) is 2.72. The van der Waals surface area contributed by atoms with Crippen molar-refractivity contribution in [2.45, 2.75) is 0 Å². The van der Waals surface area contributed by atoms with E-state index < -0.39 is 0 Å². The van der Waals surface area contributed by atoms with Crippen molar-refractivity contribution in [1.29, 1.82) is 0 Å². The molecule has 0 spiro atoms. The van der Waals surface area contributed by atoms with E-state index in [1.165, 1.54) is 11.8 Å². The van der Waals surface area contributed by atoms with Crippen molar-refractivity contribution in [3.63, 3.8) is 0 Å². The van der Waals surface area contributed by atoms with Gasteiger partial charge in [0.25, 0.3) is 0 Å². The lowest BCUT2D eigenvalue weighted by Crippen LogP contribution is -2.15. The van der Waals surface area contributed by atoms with E-state index in [0.717, 1.165) is 27.4 Å². The van der Waals surface area contributed by atoms with Gasteiger partial charge in [-0.25, -0.2) is 0 Å². The number of hydrogen-bond donors (Lipinski definition) is 1. The minimum Gasteiger partial charge on any atom is -0.497 e. The smallest absolute Gasteiger partial charge is 0.234 e. The number of carbonyl (C=O) groups excluding carboxylic acids is 1. The predicted molar refractivity (Wildman–Crippen MR) is 98.6 cm³/mol. The van der Waals surface area contributed by atoms with Crippen LogP contribution < -0.4 is 14.8 Å². The van der Waals surface area contributed by atoms with Gasteiger partial charge in [-0.15, -0.1) is 11.8 Å². The zero-order chi connectivity index (χ0) is 16.5. The highest BCUT2D eigenvalue weighted by Crippen LogP contribution is 2.21. The summed E-state index contributed by atoms with van der Waals surface area (Å²) >= 11 is 4.94. The SMILES string of the molecule is COc1ccc(OCCSCC(=O)Nc2ccccc2Br)cc1. The normalized spacial score (nSPS) is 10.2. The van der Waals surface area contributed by atoms with E-state index in [2.05, 4.69) is 21.2 Å². The van der Waals surface area contributed by atoms with Crippen molar-refractivity contribution in [2.24, 2.45) is 0 Å². The Balaban J connectivity index is 1.63. The van der Waals surface area contributed by atoms with Crippen LogP contribution in [0.3, 0.4) is 0 Å². The molecule has 0 heterocycles. The lowest BCUT2D eigenvalue weighted by atomic mass is 10.3. The van der Waals surface area contributed by atoms with Gasteiger partial charge in [-0.05, 0) is 52.3 Å². The van der Waals surface area contributed by atoms with Crippen molar-refractivity contribution in [3.8, 4) is 11.5 Å². The summed E-state index contributed by atoms with van der Waals surface area (Å²) in [5.41, 5.74) is 0.785. The molecule has 0 aliphatic carbocycles. The number of methoxy groups -OCH3 is 1. The standard InChI is InChI=1S/C17H18BrNO3S/c1-21-13-6-8-14(9-7-13)22-10-11-23-12-17(20)19-16-5-3-2-4-15(16)18/h2-9H,10-12H2,1H3,(H,19,20). The molecule has 0 saturated carbocycles. The van der Waals surface area contributed by atoms with Gasteiger partial charge in [-0.3, -0.25) is 4.79 Å². The third-order valence-corrected chi connectivity index (χ3v) is 4.55. The van der Waals surface area contributed by atoms with Crippen molar-refractivity contribution in [2.75, 3.05) is 30.5 Å². The third kappa shape index (κ3) is 6.15. The maximum Gasteiger partial charge on any atom is 0.234 e. The molecule has 0 aromatic heterocycles. The molecule has 0 bridgehead atoms. The molecule has 122 valence electrons. The zero-order valence-corrected chi connectivity index (χ0v) is 15.2. The number of para-hydroxylation sites is 1. The Kier molecular flexibility index (Phi) is 7.29. The maximum absolute atomic E-state index is 11.9. The molecule has 23 heavy (non-hydrogen) atoms. The molecule has 2 rings (SSSR count). The van der Waals surface area contributed by atoms with E-state index >= 15 is 0 Å². The van der Waals surface area contributed by atoms with Crippen molar-refractivity contribution >= 4 is 39.3 Å². The number of rotatable bonds is 8. The van der Waals surface area contributed by atoms with E-state index in [0.29, 0.717) is 12.4 Å². The molecule has 0 unspecified atom stereocenters. The second-order valence-corrected chi connectivity index (χ2v) is 6.56. The number of halogens is 1. The Morgan fingerprint density at radius 1 is 1.13 bits per heavy atom. The number of amides is 1. The predicted octanol–water partition coefficient (Wildman–Crippen LogP) is 4.21. The van der Waals surface area contributed by atoms with Crippen LogP contribution in [0.2, 0.25) is 0 Å². The van der Waals surface area contributed by atoms with Crippen LogP contribution in [0, 0.1) is 0 Å². The molecule has 2 aromatic rings. The summed E-state index contributed by atoms with van der Waals surface area (Å²) in [6, 6.07) is 15.0. The molecule has 2 aromatic carbocycles. The monoisotopic (exact) mass is 395 g/mol. The second-order valence-electron chi connectivity index (χ2n) is 4.60. The molecule has 0 aliphatic heterocycles. The average molecular weight is 396 g/mol. The first-order valence-electron chi connectivity index (χ1n) is 7.08. The quantitative estimate of drug-likeness (QED) is 0.680. The van der Waals surface area contributed by atoms with Gasteiger partial charge in [0.2, 0.25) is 5.91 Å². The molecule has 4 nitrogen and oxygen atoms in total. The maximum atomic E-state index is 11.9. The fraction of sp³-hybridized carbons (Fsp3) is 0.235. The van der Waals surface area contributed by atoms with E-state index in [1.54, 1.807) is 7.11 Å². The summed E-state index contributed by atoms with van der Waals surface area (Å²) in [4.78, 5) is 11.9. The topological polar surface area (TPSA) is 47.6 Å². The average Bonchev–Trinajstić information content (AvgIpc) is 2.57. The summed E-state index contributed by atoms with van der Waals surface area (Å²) in [6.07, 6.45) is 0. The fourth-order valence-corrected chi connectivity index (χ4v) is 2.79. The lowest BCUT2D eigenvalue weighted by Gasteiger charge is -2.08. The van der Waals surface area contributed by atoms with Crippen molar-refractivity contribution in [3.05, 3.63) is 53.0 Å². The number of benzene rings is 2. The Bertz CT molecular complexity index is 634. The summed E-state index contributed by atoms with van der Waals surface area (Å²) in [6.45, 7) is 0.555. The van der Waals surface area contributed by atoms with Gasteiger partial charge < -0.3 is 14.8 Å². The van der Waals surface area contributed by atoms with Gasteiger partial charge in [0, 0.05) is 10.2 Å². The molecule has 1 N–H and O–H groups in total. The Hall–Kier alpha value is -1.66. The molecule has 0 fully saturated rings. The summed E-state index contributed by atoms with van der Waals surface area (Å²) in [5, 5.41) is 2.87. The Morgan fingerprint density at radius 3 is 2.52 bits per heavy atom.